The summed E-state index contributed by atoms with van der Waals surface area (Å²) < 4.78 is 29.1. The number of nitrogen functional groups attached to an aromatic ring is 1. The van der Waals surface area contributed by atoms with E-state index in [1.165, 1.54) is 5.57 Å². The summed E-state index contributed by atoms with van der Waals surface area (Å²) in [7, 11) is -3.73. The van der Waals surface area contributed by atoms with Crippen LogP contribution in [0.3, 0.4) is 0 Å². The first-order valence-electron chi connectivity index (χ1n) is 11.0. The lowest BCUT2D eigenvalue weighted by atomic mass is 9.92. The van der Waals surface area contributed by atoms with Crippen molar-refractivity contribution in [2.75, 3.05) is 18.8 Å². The van der Waals surface area contributed by atoms with E-state index in [1.807, 2.05) is 63.3 Å². The van der Waals surface area contributed by atoms with Crippen LogP contribution in [-0.4, -0.2) is 25.8 Å². The smallest absolute Gasteiger partial charge is 0.244 e. The summed E-state index contributed by atoms with van der Waals surface area (Å²) in [5.74, 6) is 0. The van der Waals surface area contributed by atoms with Crippen LogP contribution in [0.5, 0.6) is 0 Å². The second kappa shape index (κ2) is 10.7. The Balaban J connectivity index is 2.14. The minimum absolute atomic E-state index is 0.258. The van der Waals surface area contributed by atoms with Crippen LogP contribution in [0.4, 0.5) is 5.69 Å². The number of sulfonamides is 1. The molecular weight excluding hydrogens is 418 g/mol. The minimum Gasteiger partial charge on any atom is -0.399 e. The topological polar surface area (TPSA) is 75.4 Å². The van der Waals surface area contributed by atoms with E-state index in [-0.39, 0.29) is 4.90 Å². The van der Waals surface area contributed by atoms with Gasteiger partial charge in [0.05, 0.1) is 10.9 Å². The van der Waals surface area contributed by atoms with Gasteiger partial charge >= 0.3 is 0 Å². The van der Waals surface area contributed by atoms with Crippen LogP contribution in [0.15, 0.2) is 89.0 Å². The molecule has 170 valence electrons. The van der Waals surface area contributed by atoms with Crippen LogP contribution >= 0.6 is 0 Å². The maximum atomic E-state index is 13.8. The molecule has 0 bridgehead atoms. The molecule has 3 rings (SSSR count). The largest absolute Gasteiger partial charge is 0.399 e. The lowest BCUT2D eigenvalue weighted by Gasteiger charge is -2.38. The van der Waals surface area contributed by atoms with Crippen LogP contribution in [-0.2, 0) is 10.0 Å². The molecule has 5 nitrogen and oxygen atoms in total. The van der Waals surface area contributed by atoms with Gasteiger partial charge in [0.1, 0.15) is 0 Å². The Morgan fingerprint density at radius 1 is 1.03 bits per heavy atom. The zero-order valence-corrected chi connectivity index (χ0v) is 19.9. The molecule has 2 aromatic carbocycles. The number of rotatable bonds is 8. The van der Waals surface area contributed by atoms with E-state index in [2.05, 4.69) is 11.4 Å². The number of anilines is 1. The number of benzene rings is 2. The summed E-state index contributed by atoms with van der Waals surface area (Å²) in [5, 5.41) is 3.54. The first-order valence-corrected chi connectivity index (χ1v) is 12.4. The van der Waals surface area contributed by atoms with Gasteiger partial charge in [-0.1, -0.05) is 54.1 Å². The lowest BCUT2D eigenvalue weighted by molar-refractivity contribution is 0.325. The number of hydrogen-bond acceptors (Lipinski definition) is 4. The summed E-state index contributed by atoms with van der Waals surface area (Å²) in [6.45, 7) is 7.08. The van der Waals surface area contributed by atoms with Crippen molar-refractivity contribution in [2.24, 2.45) is 0 Å². The van der Waals surface area contributed by atoms with Gasteiger partial charge in [0.25, 0.3) is 0 Å². The molecule has 0 amide bonds. The SMILES string of the molecule is C/C=C\CNC1=C(C/C=C\C)CCN(S(=O)(=O)c2ccc(N)cc2)C1c1ccc(C)cc1. The molecule has 2 aromatic rings. The second-order valence-corrected chi connectivity index (χ2v) is 9.88. The number of nitrogens with one attached hydrogen (secondary N) is 1. The zero-order chi connectivity index (χ0) is 23.1. The molecule has 0 saturated carbocycles. The Bertz CT molecular complexity index is 1100. The van der Waals surface area contributed by atoms with Crippen molar-refractivity contribution in [1.29, 1.82) is 0 Å². The zero-order valence-electron chi connectivity index (χ0n) is 19.1. The van der Waals surface area contributed by atoms with Gasteiger partial charge in [0, 0.05) is 24.5 Å². The van der Waals surface area contributed by atoms with E-state index in [9.17, 15) is 8.42 Å². The highest BCUT2D eigenvalue weighted by atomic mass is 32.2. The van der Waals surface area contributed by atoms with Crippen LogP contribution in [0.25, 0.3) is 0 Å². The van der Waals surface area contributed by atoms with Gasteiger partial charge in [-0.25, -0.2) is 8.42 Å². The molecule has 1 aliphatic rings. The third-order valence-electron chi connectivity index (χ3n) is 5.70. The maximum Gasteiger partial charge on any atom is 0.244 e. The molecule has 0 saturated heterocycles. The molecule has 0 radical (unpaired) electrons. The van der Waals surface area contributed by atoms with Crippen molar-refractivity contribution in [1.82, 2.24) is 9.62 Å². The van der Waals surface area contributed by atoms with E-state index >= 15 is 0 Å². The molecule has 0 fully saturated rings. The summed E-state index contributed by atoms with van der Waals surface area (Å²) in [4.78, 5) is 0.258. The van der Waals surface area contributed by atoms with Crippen molar-refractivity contribution in [3.8, 4) is 0 Å². The van der Waals surface area contributed by atoms with Gasteiger partial charge in [-0.05, 0) is 69.0 Å². The van der Waals surface area contributed by atoms with Crippen molar-refractivity contribution in [2.45, 2.75) is 44.6 Å². The maximum absolute atomic E-state index is 13.8. The van der Waals surface area contributed by atoms with E-state index < -0.39 is 16.1 Å². The highest BCUT2D eigenvalue weighted by Crippen LogP contribution is 2.39. The third kappa shape index (κ3) is 5.31. The molecular formula is C26H33N3O2S. The van der Waals surface area contributed by atoms with E-state index in [0.717, 1.165) is 23.2 Å². The quantitative estimate of drug-likeness (QED) is 0.433. The normalized spacial score (nSPS) is 18.0. The summed E-state index contributed by atoms with van der Waals surface area (Å²) in [5.41, 5.74) is 10.6. The Hall–Kier alpha value is -2.83. The third-order valence-corrected chi connectivity index (χ3v) is 7.58. The highest BCUT2D eigenvalue weighted by Gasteiger charge is 2.38. The van der Waals surface area contributed by atoms with E-state index in [0.29, 0.717) is 25.2 Å². The van der Waals surface area contributed by atoms with Crippen molar-refractivity contribution in [3.05, 3.63) is 95.2 Å². The molecule has 32 heavy (non-hydrogen) atoms. The molecule has 1 aliphatic heterocycles. The van der Waals surface area contributed by atoms with E-state index in [1.54, 1.807) is 28.6 Å². The van der Waals surface area contributed by atoms with Crippen molar-refractivity contribution >= 4 is 15.7 Å². The predicted octanol–water partition coefficient (Wildman–Crippen LogP) is 5.10. The van der Waals surface area contributed by atoms with Gasteiger partial charge in [0.2, 0.25) is 10.0 Å². The second-order valence-electron chi connectivity index (χ2n) is 7.99. The minimum atomic E-state index is -3.73. The van der Waals surface area contributed by atoms with Crippen molar-refractivity contribution < 1.29 is 8.42 Å². The molecule has 3 N–H and O–H groups in total. The first kappa shape index (κ1) is 23.8. The number of hydrogen-bond donors (Lipinski definition) is 2. The average molecular weight is 452 g/mol. The fourth-order valence-electron chi connectivity index (χ4n) is 3.94. The monoisotopic (exact) mass is 451 g/mol. The number of nitrogens with zero attached hydrogens (tertiary/aromatic N) is 1. The van der Waals surface area contributed by atoms with E-state index in [4.69, 9.17) is 5.73 Å². The van der Waals surface area contributed by atoms with Gasteiger partial charge in [-0.2, -0.15) is 4.31 Å². The molecule has 1 atom stereocenters. The number of allylic oxidation sites excluding steroid dienone is 3. The van der Waals surface area contributed by atoms with Crippen LogP contribution in [0, 0.1) is 6.92 Å². The molecule has 0 aliphatic carbocycles. The highest BCUT2D eigenvalue weighted by molar-refractivity contribution is 7.89. The molecule has 6 heteroatoms. The van der Waals surface area contributed by atoms with Crippen LogP contribution < -0.4 is 11.1 Å². The predicted molar refractivity (Wildman–Crippen MR) is 133 cm³/mol. The average Bonchev–Trinajstić information content (AvgIpc) is 2.79. The van der Waals surface area contributed by atoms with Crippen LogP contribution in [0.1, 0.15) is 43.9 Å². The summed E-state index contributed by atoms with van der Waals surface area (Å²) >= 11 is 0. The standard InChI is InChI=1S/C26H33N3O2S/c1-4-6-8-21-17-19-29(32(30,31)24-15-13-23(27)14-16-24)26(25(21)28-18-7-5-2)22-11-9-20(3)10-12-22/h4-7,9-16,26,28H,8,17-19,27H2,1-3H3/b6-4-,7-5-. The Labute approximate surface area is 192 Å². The Kier molecular flexibility index (Phi) is 7.94. The van der Waals surface area contributed by atoms with Gasteiger partial charge < -0.3 is 11.1 Å². The van der Waals surface area contributed by atoms with Crippen LogP contribution in [0.2, 0.25) is 0 Å². The summed E-state index contributed by atoms with van der Waals surface area (Å²) in [6, 6.07) is 14.2. The molecule has 1 heterocycles. The lowest BCUT2D eigenvalue weighted by Crippen LogP contribution is -2.43. The molecule has 0 spiro atoms. The number of aryl methyl sites for hydroxylation is 1. The molecule has 1 unspecified atom stereocenters. The molecule has 0 aromatic heterocycles. The Morgan fingerprint density at radius 2 is 1.69 bits per heavy atom. The first-order chi connectivity index (χ1) is 15.4. The van der Waals surface area contributed by atoms with Gasteiger partial charge in [0.15, 0.2) is 0 Å². The van der Waals surface area contributed by atoms with Gasteiger partial charge in [-0.3, -0.25) is 0 Å². The fourth-order valence-corrected chi connectivity index (χ4v) is 5.53. The Morgan fingerprint density at radius 3 is 2.31 bits per heavy atom. The fraction of sp³-hybridized carbons (Fsp3) is 0.308. The van der Waals surface area contributed by atoms with Gasteiger partial charge in [-0.15, -0.1) is 0 Å². The summed E-state index contributed by atoms with van der Waals surface area (Å²) in [6.07, 6.45) is 9.68. The number of nitrogens with two attached hydrogens (primary N) is 1. The van der Waals surface area contributed by atoms with Crippen molar-refractivity contribution in [3.63, 3.8) is 0 Å².